The van der Waals surface area contributed by atoms with Crippen molar-refractivity contribution in [3.63, 3.8) is 0 Å². The molecule has 0 bridgehead atoms. The van der Waals surface area contributed by atoms with E-state index in [1.165, 1.54) is 0 Å². The normalized spacial score (nSPS) is 12.2. The molecule has 0 aliphatic heterocycles. The number of halogens is 2. The van der Waals surface area contributed by atoms with E-state index in [0.29, 0.717) is 10.0 Å². The van der Waals surface area contributed by atoms with Gasteiger partial charge < -0.3 is 5.32 Å². The second-order valence-corrected chi connectivity index (χ2v) is 4.68. The molecular formula is C13H12Cl2N2. The van der Waals surface area contributed by atoms with Crippen molar-refractivity contribution >= 4 is 28.9 Å². The average molecular weight is 267 g/mol. The van der Waals surface area contributed by atoms with Crippen LogP contribution in [0.1, 0.15) is 18.5 Å². The van der Waals surface area contributed by atoms with E-state index < -0.39 is 0 Å². The maximum absolute atomic E-state index is 5.94. The van der Waals surface area contributed by atoms with Crippen LogP contribution in [0.3, 0.4) is 0 Å². The van der Waals surface area contributed by atoms with Gasteiger partial charge in [-0.25, -0.2) is 0 Å². The van der Waals surface area contributed by atoms with Crippen molar-refractivity contribution < 1.29 is 0 Å². The zero-order valence-corrected chi connectivity index (χ0v) is 10.8. The molecule has 1 heterocycles. The van der Waals surface area contributed by atoms with Crippen molar-refractivity contribution in [3.05, 3.63) is 58.3 Å². The Labute approximate surface area is 111 Å². The molecule has 2 aromatic rings. The fourth-order valence-electron chi connectivity index (χ4n) is 1.60. The molecular weight excluding hydrogens is 255 g/mol. The minimum absolute atomic E-state index is 0.151. The molecule has 0 aliphatic carbocycles. The maximum Gasteiger partial charge on any atom is 0.0500 e. The van der Waals surface area contributed by atoms with Gasteiger partial charge in [-0.15, -0.1) is 0 Å². The van der Waals surface area contributed by atoms with E-state index in [2.05, 4.69) is 17.2 Å². The lowest BCUT2D eigenvalue weighted by Crippen LogP contribution is -2.06. The molecule has 1 aromatic heterocycles. The second-order valence-electron chi connectivity index (χ2n) is 3.81. The van der Waals surface area contributed by atoms with Crippen molar-refractivity contribution in [2.75, 3.05) is 5.32 Å². The van der Waals surface area contributed by atoms with Crippen molar-refractivity contribution in [1.82, 2.24) is 4.98 Å². The van der Waals surface area contributed by atoms with Crippen LogP contribution in [-0.4, -0.2) is 4.98 Å². The Balaban J connectivity index is 2.16. The van der Waals surface area contributed by atoms with Crippen LogP contribution in [0.2, 0.25) is 10.0 Å². The summed E-state index contributed by atoms with van der Waals surface area (Å²) in [6.45, 7) is 2.06. The average Bonchev–Trinajstić information content (AvgIpc) is 2.28. The predicted octanol–water partition coefficient (Wildman–Crippen LogP) is 4.56. The van der Waals surface area contributed by atoms with Crippen LogP contribution in [0.25, 0.3) is 0 Å². The highest BCUT2D eigenvalue weighted by Crippen LogP contribution is 2.25. The van der Waals surface area contributed by atoms with E-state index in [0.717, 1.165) is 11.3 Å². The highest BCUT2D eigenvalue weighted by atomic mass is 35.5. The Morgan fingerprint density at radius 2 is 1.88 bits per heavy atom. The standard InChI is InChI=1S/C13H12Cl2N2/c1-9(10-3-2-4-16-8-10)17-13-6-11(14)5-12(15)7-13/h2-9,17H,1H3. The lowest BCUT2D eigenvalue weighted by atomic mass is 10.1. The van der Waals surface area contributed by atoms with Gasteiger partial charge in [0.25, 0.3) is 0 Å². The van der Waals surface area contributed by atoms with Crippen LogP contribution in [0.15, 0.2) is 42.7 Å². The maximum atomic E-state index is 5.94. The minimum atomic E-state index is 0.151. The largest absolute Gasteiger partial charge is 0.378 e. The molecule has 2 nitrogen and oxygen atoms in total. The van der Waals surface area contributed by atoms with Gasteiger partial charge in [-0.1, -0.05) is 29.3 Å². The highest BCUT2D eigenvalue weighted by Gasteiger charge is 2.06. The van der Waals surface area contributed by atoms with E-state index in [1.54, 1.807) is 12.3 Å². The molecule has 0 amide bonds. The SMILES string of the molecule is CC(Nc1cc(Cl)cc(Cl)c1)c1cccnc1. The third-order valence-electron chi connectivity index (χ3n) is 2.43. The zero-order chi connectivity index (χ0) is 12.3. The van der Waals surface area contributed by atoms with E-state index in [-0.39, 0.29) is 6.04 Å². The summed E-state index contributed by atoms with van der Waals surface area (Å²) in [7, 11) is 0. The number of nitrogens with zero attached hydrogens (tertiary/aromatic N) is 1. The topological polar surface area (TPSA) is 24.9 Å². The number of anilines is 1. The Morgan fingerprint density at radius 1 is 1.18 bits per heavy atom. The van der Waals surface area contributed by atoms with Gasteiger partial charge in [0.15, 0.2) is 0 Å². The molecule has 1 atom stereocenters. The molecule has 0 spiro atoms. The monoisotopic (exact) mass is 266 g/mol. The first-order valence-electron chi connectivity index (χ1n) is 5.28. The van der Waals surface area contributed by atoms with E-state index in [9.17, 15) is 0 Å². The molecule has 0 saturated heterocycles. The fraction of sp³-hybridized carbons (Fsp3) is 0.154. The van der Waals surface area contributed by atoms with Crippen LogP contribution < -0.4 is 5.32 Å². The molecule has 0 radical (unpaired) electrons. The van der Waals surface area contributed by atoms with Crippen LogP contribution in [0, 0.1) is 0 Å². The van der Waals surface area contributed by atoms with Crippen LogP contribution in [0.4, 0.5) is 5.69 Å². The van der Waals surface area contributed by atoms with Crippen LogP contribution in [0.5, 0.6) is 0 Å². The van der Waals surface area contributed by atoms with E-state index in [4.69, 9.17) is 23.2 Å². The van der Waals surface area contributed by atoms with Gasteiger partial charge in [-0.05, 0) is 36.8 Å². The van der Waals surface area contributed by atoms with Gasteiger partial charge in [0.1, 0.15) is 0 Å². The summed E-state index contributed by atoms with van der Waals surface area (Å²) in [5.74, 6) is 0. The van der Waals surface area contributed by atoms with Crippen molar-refractivity contribution in [1.29, 1.82) is 0 Å². The summed E-state index contributed by atoms with van der Waals surface area (Å²) in [6.07, 6.45) is 3.59. The lowest BCUT2D eigenvalue weighted by Gasteiger charge is -2.15. The molecule has 0 aliphatic rings. The van der Waals surface area contributed by atoms with Crippen molar-refractivity contribution in [3.8, 4) is 0 Å². The molecule has 0 fully saturated rings. The Hall–Kier alpha value is -1.25. The Morgan fingerprint density at radius 3 is 2.47 bits per heavy atom. The fourth-order valence-corrected chi connectivity index (χ4v) is 2.13. The summed E-state index contributed by atoms with van der Waals surface area (Å²) >= 11 is 11.9. The molecule has 88 valence electrons. The van der Waals surface area contributed by atoms with Crippen molar-refractivity contribution in [2.45, 2.75) is 13.0 Å². The summed E-state index contributed by atoms with van der Waals surface area (Å²) in [5, 5.41) is 4.58. The lowest BCUT2D eigenvalue weighted by molar-refractivity contribution is 0.876. The number of benzene rings is 1. The number of nitrogens with one attached hydrogen (secondary N) is 1. The minimum Gasteiger partial charge on any atom is -0.378 e. The number of hydrogen-bond acceptors (Lipinski definition) is 2. The first-order valence-corrected chi connectivity index (χ1v) is 6.03. The number of hydrogen-bond donors (Lipinski definition) is 1. The molecule has 1 unspecified atom stereocenters. The first-order chi connectivity index (χ1) is 8.15. The smallest absolute Gasteiger partial charge is 0.0500 e. The number of rotatable bonds is 3. The number of pyridine rings is 1. The third-order valence-corrected chi connectivity index (χ3v) is 2.87. The van der Waals surface area contributed by atoms with Gasteiger partial charge in [-0.2, -0.15) is 0 Å². The third kappa shape index (κ3) is 3.35. The van der Waals surface area contributed by atoms with E-state index >= 15 is 0 Å². The zero-order valence-electron chi connectivity index (χ0n) is 9.32. The van der Waals surface area contributed by atoms with Gasteiger partial charge in [0.05, 0.1) is 6.04 Å². The van der Waals surface area contributed by atoms with Crippen molar-refractivity contribution in [2.24, 2.45) is 0 Å². The molecule has 17 heavy (non-hydrogen) atoms. The van der Waals surface area contributed by atoms with E-state index in [1.807, 2.05) is 30.5 Å². The quantitative estimate of drug-likeness (QED) is 0.881. The van der Waals surface area contributed by atoms with Gasteiger partial charge in [-0.3, -0.25) is 4.98 Å². The summed E-state index contributed by atoms with van der Waals surface area (Å²) in [6, 6.07) is 9.50. The van der Waals surface area contributed by atoms with Gasteiger partial charge >= 0.3 is 0 Å². The summed E-state index contributed by atoms with van der Waals surface area (Å²) in [4.78, 5) is 4.09. The Bertz CT molecular complexity index is 480. The predicted molar refractivity (Wildman–Crippen MR) is 72.7 cm³/mol. The second kappa shape index (κ2) is 5.39. The van der Waals surface area contributed by atoms with Crippen LogP contribution in [-0.2, 0) is 0 Å². The summed E-state index contributed by atoms with van der Waals surface area (Å²) < 4.78 is 0. The van der Waals surface area contributed by atoms with Gasteiger partial charge in [0.2, 0.25) is 0 Å². The highest BCUT2D eigenvalue weighted by molar-refractivity contribution is 6.35. The number of aromatic nitrogens is 1. The molecule has 4 heteroatoms. The first kappa shape index (κ1) is 12.2. The Kier molecular flexibility index (Phi) is 3.87. The molecule has 1 aromatic carbocycles. The molecule has 0 saturated carbocycles. The van der Waals surface area contributed by atoms with Gasteiger partial charge in [0, 0.05) is 28.1 Å². The summed E-state index contributed by atoms with van der Waals surface area (Å²) in [5.41, 5.74) is 2.02. The molecule has 2 rings (SSSR count). The molecule has 1 N–H and O–H groups in total. The van der Waals surface area contributed by atoms with Crippen LogP contribution >= 0.6 is 23.2 Å².